The molecule has 0 saturated carbocycles. The van der Waals surface area contributed by atoms with Gasteiger partial charge < -0.3 is 16.2 Å². The average Bonchev–Trinajstić information content (AvgIpc) is 2.28. The lowest BCUT2D eigenvalue weighted by atomic mass is 10.2. The zero-order valence-electron chi connectivity index (χ0n) is 9.43. The van der Waals surface area contributed by atoms with E-state index >= 15 is 0 Å². The molecule has 1 aromatic heterocycles. The summed E-state index contributed by atoms with van der Waals surface area (Å²) in [5, 5.41) is 22.1. The molecule has 1 rings (SSSR count). The maximum atomic E-state index is 10.6. The van der Waals surface area contributed by atoms with Gasteiger partial charge in [0.25, 0.3) is 5.69 Å². The molecule has 0 saturated heterocycles. The highest BCUT2D eigenvalue weighted by atomic mass is 16.6. The Bertz CT molecular complexity index is 384. The predicted octanol–water partition coefficient (Wildman–Crippen LogP) is 1.15. The minimum absolute atomic E-state index is 0.0737. The Hall–Kier alpha value is -1.89. The Balaban J connectivity index is 2.50. The van der Waals surface area contributed by atoms with Crippen LogP contribution in [0.4, 0.5) is 17.3 Å². The molecule has 0 radical (unpaired) electrons. The van der Waals surface area contributed by atoms with E-state index < -0.39 is 4.92 Å². The SMILES string of the molecule is Nc1cc([N+](=O)[O-])cc(NCCCCCO)n1. The van der Waals surface area contributed by atoms with Gasteiger partial charge in [0, 0.05) is 13.2 Å². The van der Waals surface area contributed by atoms with Gasteiger partial charge in [-0.25, -0.2) is 4.98 Å². The first-order valence-corrected chi connectivity index (χ1v) is 5.40. The highest BCUT2D eigenvalue weighted by molar-refractivity contribution is 5.52. The summed E-state index contributed by atoms with van der Waals surface area (Å²) in [6, 6.07) is 2.57. The van der Waals surface area contributed by atoms with Crippen molar-refractivity contribution in [2.45, 2.75) is 19.3 Å². The third-order valence-electron chi connectivity index (χ3n) is 2.18. The van der Waals surface area contributed by atoms with Gasteiger partial charge in [-0.2, -0.15) is 0 Å². The van der Waals surface area contributed by atoms with Crippen LogP contribution >= 0.6 is 0 Å². The van der Waals surface area contributed by atoms with Gasteiger partial charge in [-0.1, -0.05) is 0 Å². The number of nitrogens with one attached hydrogen (secondary N) is 1. The minimum Gasteiger partial charge on any atom is -0.396 e. The van der Waals surface area contributed by atoms with Crippen molar-refractivity contribution < 1.29 is 10.0 Å². The Morgan fingerprint density at radius 1 is 1.41 bits per heavy atom. The van der Waals surface area contributed by atoms with Crippen molar-refractivity contribution in [3.05, 3.63) is 22.2 Å². The summed E-state index contributed by atoms with van der Waals surface area (Å²) >= 11 is 0. The highest BCUT2D eigenvalue weighted by Gasteiger charge is 2.09. The Kier molecular flexibility index (Phi) is 5.15. The van der Waals surface area contributed by atoms with Crippen molar-refractivity contribution >= 4 is 17.3 Å². The number of nitro groups is 1. The number of aromatic nitrogens is 1. The topological polar surface area (TPSA) is 114 Å². The van der Waals surface area contributed by atoms with Crippen LogP contribution in [0.5, 0.6) is 0 Å². The number of aliphatic hydroxyl groups excluding tert-OH is 1. The molecule has 7 nitrogen and oxygen atoms in total. The zero-order valence-corrected chi connectivity index (χ0v) is 9.43. The molecule has 7 heteroatoms. The van der Waals surface area contributed by atoms with Gasteiger partial charge in [-0.15, -0.1) is 0 Å². The van der Waals surface area contributed by atoms with Gasteiger partial charge in [-0.3, -0.25) is 10.1 Å². The average molecular weight is 240 g/mol. The van der Waals surface area contributed by atoms with E-state index in [0.29, 0.717) is 12.4 Å². The molecule has 0 aliphatic carbocycles. The normalized spacial score (nSPS) is 10.2. The fourth-order valence-electron chi connectivity index (χ4n) is 1.36. The van der Waals surface area contributed by atoms with E-state index in [-0.39, 0.29) is 18.1 Å². The van der Waals surface area contributed by atoms with E-state index in [1.807, 2.05) is 0 Å². The third kappa shape index (κ3) is 4.64. The first kappa shape index (κ1) is 13.2. The third-order valence-corrected chi connectivity index (χ3v) is 2.18. The number of nitrogens with zero attached hydrogens (tertiary/aromatic N) is 2. The van der Waals surface area contributed by atoms with Crippen LogP contribution in [-0.4, -0.2) is 28.2 Å². The Morgan fingerprint density at radius 2 is 2.18 bits per heavy atom. The summed E-state index contributed by atoms with van der Waals surface area (Å²) in [4.78, 5) is 14.0. The van der Waals surface area contributed by atoms with Gasteiger partial charge in [0.15, 0.2) is 0 Å². The zero-order chi connectivity index (χ0) is 12.7. The number of pyridine rings is 1. The Morgan fingerprint density at radius 3 is 2.82 bits per heavy atom. The van der Waals surface area contributed by atoms with Gasteiger partial charge >= 0.3 is 0 Å². The summed E-state index contributed by atoms with van der Waals surface area (Å²) in [5.74, 6) is 0.526. The number of nitrogens with two attached hydrogens (primary N) is 1. The van der Waals surface area contributed by atoms with Gasteiger partial charge in [0.05, 0.1) is 17.1 Å². The van der Waals surface area contributed by atoms with Crippen molar-refractivity contribution in [2.75, 3.05) is 24.2 Å². The molecule has 0 spiro atoms. The number of unbranched alkanes of at least 4 members (excludes halogenated alkanes) is 2. The van der Waals surface area contributed by atoms with Crippen LogP contribution in [0, 0.1) is 10.1 Å². The monoisotopic (exact) mass is 240 g/mol. The van der Waals surface area contributed by atoms with E-state index in [2.05, 4.69) is 10.3 Å². The lowest BCUT2D eigenvalue weighted by Gasteiger charge is -2.05. The van der Waals surface area contributed by atoms with Crippen molar-refractivity contribution in [1.82, 2.24) is 4.98 Å². The van der Waals surface area contributed by atoms with Crippen LogP contribution in [0.25, 0.3) is 0 Å². The summed E-state index contributed by atoms with van der Waals surface area (Å²) in [6.45, 7) is 0.829. The van der Waals surface area contributed by atoms with Crippen LogP contribution < -0.4 is 11.1 Å². The smallest absolute Gasteiger partial charge is 0.276 e. The molecule has 0 atom stereocenters. The molecule has 0 aliphatic heterocycles. The van der Waals surface area contributed by atoms with Gasteiger partial charge in [0.2, 0.25) is 0 Å². The van der Waals surface area contributed by atoms with Crippen LogP contribution in [0.1, 0.15) is 19.3 Å². The van der Waals surface area contributed by atoms with Gasteiger partial charge in [-0.05, 0) is 19.3 Å². The number of hydrogen-bond donors (Lipinski definition) is 3. The molecular formula is C10H16N4O3. The second kappa shape index (κ2) is 6.64. The summed E-state index contributed by atoms with van der Waals surface area (Å²) < 4.78 is 0. The molecule has 0 bridgehead atoms. The largest absolute Gasteiger partial charge is 0.396 e. The van der Waals surface area contributed by atoms with E-state index in [1.165, 1.54) is 12.1 Å². The molecule has 0 aromatic carbocycles. The number of aliphatic hydroxyl groups is 1. The molecule has 4 N–H and O–H groups in total. The first-order chi connectivity index (χ1) is 8.13. The van der Waals surface area contributed by atoms with Crippen molar-refractivity contribution in [2.24, 2.45) is 0 Å². The van der Waals surface area contributed by atoms with Crippen molar-refractivity contribution in [3.8, 4) is 0 Å². The molecule has 0 amide bonds. The fourth-order valence-corrected chi connectivity index (χ4v) is 1.36. The van der Waals surface area contributed by atoms with E-state index in [4.69, 9.17) is 10.8 Å². The standard InChI is InChI=1S/C10H16N4O3/c11-9-6-8(14(16)17)7-10(13-9)12-4-2-1-3-5-15/h6-7,15H,1-5H2,(H3,11,12,13). The maximum absolute atomic E-state index is 10.6. The fraction of sp³-hybridized carbons (Fsp3) is 0.500. The van der Waals surface area contributed by atoms with Crippen LogP contribution in [0.3, 0.4) is 0 Å². The molecule has 94 valence electrons. The van der Waals surface area contributed by atoms with E-state index in [9.17, 15) is 10.1 Å². The molecular weight excluding hydrogens is 224 g/mol. The molecule has 0 fully saturated rings. The summed E-state index contributed by atoms with van der Waals surface area (Å²) in [6.07, 6.45) is 2.52. The number of nitrogen functional groups attached to an aromatic ring is 1. The van der Waals surface area contributed by atoms with Crippen LogP contribution in [0.15, 0.2) is 12.1 Å². The highest BCUT2D eigenvalue weighted by Crippen LogP contribution is 2.18. The molecule has 17 heavy (non-hydrogen) atoms. The second-order valence-corrected chi connectivity index (χ2v) is 3.60. The maximum Gasteiger partial charge on any atom is 0.276 e. The number of anilines is 2. The van der Waals surface area contributed by atoms with Crippen LogP contribution in [-0.2, 0) is 0 Å². The van der Waals surface area contributed by atoms with Gasteiger partial charge in [0.1, 0.15) is 11.6 Å². The number of hydrogen-bond acceptors (Lipinski definition) is 6. The molecule has 0 unspecified atom stereocenters. The lowest BCUT2D eigenvalue weighted by Crippen LogP contribution is -2.05. The quantitative estimate of drug-likeness (QED) is 0.374. The van der Waals surface area contributed by atoms with Crippen molar-refractivity contribution in [3.63, 3.8) is 0 Å². The lowest BCUT2D eigenvalue weighted by molar-refractivity contribution is -0.384. The second-order valence-electron chi connectivity index (χ2n) is 3.60. The first-order valence-electron chi connectivity index (χ1n) is 5.40. The van der Waals surface area contributed by atoms with Crippen LogP contribution in [0.2, 0.25) is 0 Å². The van der Waals surface area contributed by atoms with Crippen molar-refractivity contribution in [1.29, 1.82) is 0 Å². The minimum atomic E-state index is -0.505. The summed E-state index contributed by atoms with van der Waals surface area (Å²) in [7, 11) is 0. The molecule has 0 aliphatic rings. The summed E-state index contributed by atoms with van der Waals surface area (Å²) in [5.41, 5.74) is 5.39. The molecule has 1 heterocycles. The van der Waals surface area contributed by atoms with E-state index in [1.54, 1.807) is 0 Å². The molecule has 1 aromatic rings. The van der Waals surface area contributed by atoms with E-state index in [0.717, 1.165) is 19.3 Å². The predicted molar refractivity (Wildman–Crippen MR) is 64.7 cm³/mol. The Labute approximate surface area is 98.8 Å². The number of rotatable bonds is 7.